The first-order valence-corrected chi connectivity index (χ1v) is 8.26. The molecule has 0 aromatic rings. The molecule has 4 saturated carbocycles. The SMILES string of the molecule is C=C(C)C(=O)OC(C(C)C)C12CC3CC(CC(C3)C1)C2. The third-order valence-electron chi connectivity index (χ3n) is 5.88. The summed E-state index contributed by atoms with van der Waals surface area (Å²) in [5, 5.41) is 0. The van der Waals surface area contributed by atoms with Crippen LogP contribution in [0.4, 0.5) is 0 Å². The van der Waals surface area contributed by atoms with Crippen LogP contribution in [0.15, 0.2) is 12.2 Å². The summed E-state index contributed by atoms with van der Waals surface area (Å²) < 4.78 is 5.92. The summed E-state index contributed by atoms with van der Waals surface area (Å²) in [5.74, 6) is 2.89. The van der Waals surface area contributed by atoms with Gasteiger partial charge in [-0.2, -0.15) is 0 Å². The number of esters is 1. The van der Waals surface area contributed by atoms with Crippen LogP contribution < -0.4 is 0 Å². The Morgan fingerprint density at radius 3 is 1.90 bits per heavy atom. The van der Waals surface area contributed by atoms with Gasteiger partial charge in [-0.05, 0) is 69.1 Å². The van der Waals surface area contributed by atoms with Gasteiger partial charge < -0.3 is 4.74 Å². The molecule has 2 heteroatoms. The molecule has 0 aromatic heterocycles. The van der Waals surface area contributed by atoms with Crippen molar-refractivity contribution >= 4 is 5.97 Å². The second-order valence-electron chi connectivity index (χ2n) is 8.13. The number of ether oxygens (including phenoxy) is 1. The highest BCUT2D eigenvalue weighted by Gasteiger charge is 2.56. The molecule has 4 rings (SSSR count). The van der Waals surface area contributed by atoms with Crippen LogP contribution in [0.25, 0.3) is 0 Å². The highest BCUT2D eigenvalue weighted by atomic mass is 16.5. The molecule has 2 nitrogen and oxygen atoms in total. The lowest BCUT2D eigenvalue weighted by atomic mass is 9.47. The molecule has 4 bridgehead atoms. The van der Waals surface area contributed by atoms with E-state index in [1.807, 2.05) is 0 Å². The molecule has 20 heavy (non-hydrogen) atoms. The molecule has 0 radical (unpaired) electrons. The molecule has 4 aliphatic carbocycles. The first-order chi connectivity index (χ1) is 9.39. The molecule has 0 heterocycles. The van der Waals surface area contributed by atoms with Crippen molar-refractivity contribution in [3.8, 4) is 0 Å². The Morgan fingerprint density at radius 1 is 1.10 bits per heavy atom. The van der Waals surface area contributed by atoms with Crippen molar-refractivity contribution in [2.24, 2.45) is 29.1 Å². The van der Waals surface area contributed by atoms with Crippen LogP contribution in [0.2, 0.25) is 0 Å². The lowest BCUT2D eigenvalue weighted by Crippen LogP contribution is -2.54. The third-order valence-corrected chi connectivity index (χ3v) is 5.88. The topological polar surface area (TPSA) is 26.3 Å². The molecule has 1 unspecified atom stereocenters. The van der Waals surface area contributed by atoms with Crippen LogP contribution in [-0.2, 0) is 9.53 Å². The maximum atomic E-state index is 12.0. The van der Waals surface area contributed by atoms with Gasteiger partial charge in [-0.15, -0.1) is 0 Å². The van der Waals surface area contributed by atoms with Gasteiger partial charge in [0.25, 0.3) is 0 Å². The quantitative estimate of drug-likeness (QED) is 0.564. The zero-order valence-electron chi connectivity index (χ0n) is 13.2. The maximum Gasteiger partial charge on any atom is 0.333 e. The zero-order chi connectivity index (χ0) is 14.5. The van der Waals surface area contributed by atoms with E-state index in [1.54, 1.807) is 6.92 Å². The van der Waals surface area contributed by atoms with E-state index < -0.39 is 0 Å². The predicted octanol–water partition coefficient (Wildman–Crippen LogP) is 4.35. The van der Waals surface area contributed by atoms with Crippen LogP contribution in [-0.4, -0.2) is 12.1 Å². The summed E-state index contributed by atoms with van der Waals surface area (Å²) in [4.78, 5) is 12.0. The van der Waals surface area contributed by atoms with Gasteiger partial charge in [0.05, 0.1) is 0 Å². The zero-order valence-corrected chi connectivity index (χ0v) is 13.2. The minimum atomic E-state index is -0.195. The van der Waals surface area contributed by atoms with Crippen molar-refractivity contribution < 1.29 is 9.53 Å². The van der Waals surface area contributed by atoms with Gasteiger partial charge in [0.15, 0.2) is 0 Å². The molecule has 4 fully saturated rings. The largest absolute Gasteiger partial charge is 0.458 e. The highest BCUT2D eigenvalue weighted by Crippen LogP contribution is 2.62. The van der Waals surface area contributed by atoms with Gasteiger partial charge >= 0.3 is 5.97 Å². The summed E-state index contributed by atoms with van der Waals surface area (Å²) in [5.41, 5.74) is 0.800. The number of rotatable bonds is 4. The van der Waals surface area contributed by atoms with E-state index in [0.29, 0.717) is 11.5 Å². The molecule has 0 N–H and O–H groups in total. The van der Waals surface area contributed by atoms with E-state index >= 15 is 0 Å². The van der Waals surface area contributed by atoms with E-state index in [9.17, 15) is 4.79 Å². The monoisotopic (exact) mass is 276 g/mol. The Morgan fingerprint density at radius 2 is 1.55 bits per heavy atom. The fourth-order valence-corrected chi connectivity index (χ4v) is 5.71. The third kappa shape index (κ3) is 2.31. The van der Waals surface area contributed by atoms with E-state index in [-0.39, 0.29) is 17.5 Å². The molecule has 0 spiro atoms. The molecule has 0 aromatic carbocycles. The van der Waals surface area contributed by atoms with Crippen LogP contribution in [0.1, 0.15) is 59.3 Å². The molecule has 0 aliphatic heterocycles. The molecule has 0 amide bonds. The fraction of sp³-hybridized carbons (Fsp3) is 0.833. The van der Waals surface area contributed by atoms with E-state index in [4.69, 9.17) is 4.74 Å². The lowest BCUT2D eigenvalue weighted by molar-refractivity contribution is -0.176. The molecular formula is C18H28O2. The van der Waals surface area contributed by atoms with Gasteiger partial charge in [0.2, 0.25) is 0 Å². The molecule has 4 aliphatic rings. The summed E-state index contributed by atoms with van der Waals surface area (Å²) >= 11 is 0. The van der Waals surface area contributed by atoms with Crippen molar-refractivity contribution in [1.82, 2.24) is 0 Å². The average Bonchev–Trinajstić information content (AvgIpc) is 2.33. The minimum Gasteiger partial charge on any atom is -0.458 e. The van der Waals surface area contributed by atoms with Crippen LogP contribution in [0, 0.1) is 29.1 Å². The smallest absolute Gasteiger partial charge is 0.333 e. The number of carbonyl (C=O) groups is 1. The van der Waals surface area contributed by atoms with Crippen molar-refractivity contribution in [2.45, 2.75) is 65.4 Å². The number of carbonyl (C=O) groups excluding carboxylic acids is 1. The number of hydrogen-bond donors (Lipinski definition) is 0. The maximum absolute atomic E-state index is 12.0. The molecule has 1 atom stereocenters. The Bertz CT molecular complexity index is 386. The molecule has 112 valence electrons. The van der Waals surface area contributed by atoms with Crippen LogP contribution in [0.3, 0.4) is 0 Å². The Kier molecular flexibility index (Phi) is 3.46. The van der Waals surface area contributed by atoms with Gasteiger partial charge in [-0.3, -0.25) is 0 Å². The Balaban J connectivity index is 1.83. The van der Waals surface area contributed by atoms with Crippen LogP contribution in [0.5, 0.6) is 0 Å². The first-order valence-electron chi connectivity index (χ1n) is 8.26. The predicted molar refractivity (Wildman–Crippen MR) is 80.1 cm³/mol. The van der Waals surface area contributed by atoms with Gasteiger partial charge in [0, 0.05) is 11.0 Å². The summed E-state index contributed by atoms with van der Waals surface area (Å²) in [6.07, 6.45) is 8.22. The summed E-state index contributed by atoms with van der Waals surface area (Å²) in [7, 11) is 0. The van der Waals surface area contributed by atoms with E-state index in [1.165, 1.54) is 38.5 Å². The summed E-state index contributed by atoms with van der Waals surface area (Å²) in [6, 6.07) is 0. The fourth-order valence-electron chi connectivity index (χ4n) is 5.71. The number of hydrogen-bond acceptors (Lipinski definition) is 2. The van der Waals surface area contributed by atoms with Gasteiger partial charge in [0.1, 0.15) is 6.10 Å². The second kappa shape index (κ2) is 4.89. The standard InChI is InChI=1S/C18H28O2/c1-11(2)16(20-17(19)12(3)4)18-8-13-5-14(9-18)7-15(6-13)10-18/h11,13-16H,3,5-10H2,1-2,4H3. The van der Waals surface area contributed by atoms with Gasteiger partial charge in [-0.1, -0.05) is 20.4 Å². The average molecular weight is 276 g/mol. The van der Waals surface area contributed by atoms with E-state index in [2.05, 4.69) is 20.4 Å². The second-order valence-corrected chi connectivity index (χ2v) is 8.13. The van der Waals surface area contributed by atoms with Crippen molar-refractivity contribution in [3.05, 3.63) is 12.2 Å². The van der Waals surface area contributed by atoms with E-state index in [0.717, 1.165) is 17.8 Å². The first kappa shape index (κ1) is 14.2. The normalized spacial score (nSPS) is 39.9. The molecule has 0 saturated heterocycles. The van der Waals surface area contributed by atoms with Gasteiger partial charge in [-0.25, -0.2) is 4.79 Å². The van der Waals surface area contributed by atoms with Crippen LogP contribution >= 0.6 is 0 Å². The summed E-state index contributed by atoms with van der Waals surface area (Å²) in [6.45, 7) is 9.90. The minimum absolute atomic E-state index is 0.0834. The highest BCUT2D eigenvalue weighted by molar-refractivity contribution is 5.87. The van der Waals surface area contributed by atoms with Crippen molar-refractivity contribution in [3.63, 3.8) is 0 Å². The Hall–Kier alpha value is -0.790. The Labute approximate surface area is 123 Å². The lowest BCUT2D eigenvalue weighted by Gasteiger charge is -2.59. The van der Waals surface area contributed by atoms with Crippen molar-refractivity contribution in [2.75, 3.05) is 0 Å². The van der Waals surface area contributed by atoms with Crippen molar-refractivity contribution in [1.29, 1.82) is 0 Å². The molecular weight excluding hydrogens is 248 g/mol.